The van der Waals surface area contributed by atoms with Crippen molar-refractivity contribution in [2.24, 2.45) is 5.92 Å². The SMILES string of the molecule is CN1C(C(=O)Nc2ccccn2)=C(O)c2ccccc2S1(=O)=O.CO[C@H](C(=O)[C@@H](O)[C@@H](C)O)C1Cc2cc3cc(O[C@H]4C[C@@H](O[C@H]5C[C@@H](O)[C@H](O)[C@@H](C)O5)[C@@H](O)[C@@H](C)O4)c(C)c(O)c3c(O)c2C(=O)[C@H]1O[C@H]1C[C@@H](O[C@H]2C[C@@H](O[C@H]3C[C@](C)(O)[C@H](O)[C@@H](C)O3)[C@H](O)[C@@H](C)O2)[C@H](O)[C@@H](C)O1. The Morgan fingerprint density at radius 3 is 1.82 bits per heavy atom. The average molecular weight is 1420 g/mol. The molecule has 0 bridgehead atoms. The fourth-order valence-corrected chi connectivity index (χ4v) is 15.0. The molecule has 1 unspecified atom stereocenters. The molecule has 546 valence electrons. The number of ketones is 2. The molecular weight excluding hydrogens is 1330 g/mol. The molecule has 5 saturated heterocycles. The minimum absolute atomic E-state index is 0.0365. The molecule has 99 heavy (non-hydrogen) atoms. The van der Waals surface area contributed by atoms with Crippen LogP contribution in [0.5, 0.6) is 17.2 Å². The first-order valence-corrected chi connectivity index (χ1v) is 34.1. The van der Waals surface area contributed by atoms with Crippen LogP contribution in [-0.4, -0.2) is 258 Å². The van der Waals surface area contributed by atoms with E-state index in [0.717, 1.165) is 4.31 Å². The van der Waals surface area contributed by atoms with E-state index in [1.54, 1.807) is 58.0 Å². The number of nitrogens with one attached hydrogen (secondary N) is 1. The third kappa shape index (κ3) is 15.6. The smallest absolute Gasteiger partial charge is 0.277 e. The van der Waals surface area contributed by atoms with E-state index in [-0.39, 0.29) is 93.7 Å². The molecule has 1 aliphatic carbocycles. The monoisotopic (exact) mass is 1420 g/mol. The summed E-state index contributed by atoms with van der Waals surface area (Å²) in [5.41, 5.74) is -1.73. The molecule has 0 saturated carbocycles. The van der Waals surface area contributed by atoms with Crippen LogP contribution in [-0.2, 0) is 73.4 Å². The molecule has 11 rings (SSSR count). The van der Waals surface area contributed by atoms with Crippen molar-refractivity contribution in [1.82, 2.24) is 9.29 Å². The van der Waals surface area contributed by atoms with Crippen LogP contribution in [0.4, 0.5) is 5.82 Å². The van der Waals surface area contributed by atoms with Gasteiger partial charge in [0, 0.05) is 69.5 Å². The van der Waals surface area contributed by atoms with Gasteiger partial charge in [0.05, 0.1) is 82.5 Å². The van der Waals surface area contributed by atoms with Gasteiger partial charge < -0.3 is 119 Å². The summed E-state index contributed by atoms with van der Waals surface area (Å²) in [5, 5.41) is 133. The van der Waals surface area contributed by atoms with E-state index < -0.39 is 198 Å². The number of phenolic OH excluding ortho intramolecular Hbond substituents is 2. The zero-order valence-corrected chi connectivity index (χ0v) is 56.9. The number of hydrogen-bond acceptors (Lipinski definition) is 29. The number of aliphatic hydroxyl groups is 10. The van der Waals surface area contributed by atoms with E-state index in [0.29, 0.717) is 0 Å². The summed E-state index contributed by atoms with van der Waals surface area (Å²) in [6, 6.07) is 13.9. The Hall–Kier alpha value is -6.19. The maximum absolute atomic E-state index is 15.0. The van der Waals surface area contributed by atoms with Crippen LogP contribution in [0.15, 0.2) is 71.4 Å². The number of ether oxygens (including phenoxy) is 11. The van der Waals surface area contributed by atoms with Crippen molar-refractivity contribution in [1.29, 1.82) is 0 Å². The third-order valence-corrected chi connectivity index (χ3v) is 21.1. The van der Waals surface area contributed by atoms with Gasteiger partial charge in [-0.15, -0.1) is 0 Å². The van der Waals surface area contributed by atoms with Gasteiger partial charge in [-0.1, -0.05) is 18.2 Å². The summed E-state index contributed by atoms with van der Waals surface area (Å²) in [7, 11) is -1.51. The Labute approximate surface area is 570 Å². The summed E-state index contributed by atoms with van der Waals surface area (Å²) >= 11 is 0. The van der Waals surface area contributed by atoms with Gasteiger partial charge >= 0.3 is 0 Å². The van der Waals surface area contributed by atoms with Crippen molar-refractivity contribution in [2.75, 3.05) is 19.5 Å². The van der Waals surface area contributed by atoms with Gasteiger partial charge in [0.25, 0.3) is 15.9 Å². The molecule has 1 amide bonds. The molecule has 13 N–H and O–H groups in total. The number of Topliss-reactive ketones (excluding diaryl/α,β-unsaturated/α-hetero) is 2. The Balaban J connectivity index is 0.000000387. The highest BCUT2D eigenvalue weighted by atomic mass is 32.2. The molecule has 7 heterocycles. The number of rotatable bonds is 17. The largest absolute Gasteiger partial charge is 0.507 e. The van der Waals surface area contributed by atoms with Crippen LogP contribution in [0.1, 0.15) is 108 Å². The van der Waals surface area contributed by atoms with Crippen LogP contribution in [0.25, 0.3) is 16.5 Å². The number of nitrogens with zero attached hydrogens (tertiary/aromatic N) is 2. The number of carbonyl (C=O) groups excluding carboxylic acids is 3. The fourth-order valence-electron chi connectivity index (χ4n) is 13.6. The van der Waals surface area contributed by atoms with Gasteiger partial charge in [0.2, 0.25) is 6.29 Å². The highest BCUT2D eigenvalue weighted by Gasteiger charge is 2.52. The highest BCUT2D eigenvalue weighted by Crippen LogP contribution is 2.48. The molecule has 0 spiro atoms. The van der Waals surface area contributed by atoms with Gasteiger partial charge in [-0.2, -0.15) is 0 Å². The number of fused-ring (bicyclic) bond motifs is 3. The minimum Gasteiger partial charge on any atom is -0.507 e. The first-order chi connectivity index (χ1) is 46.6. The lowest BCUT2D eigenvalue weighted by Gasteiger charge is -2.46. The number of hydrogen-bond donors (Lipinski definition) is 13. The predicted molar refractivity (Wildman–Crippen MR) is 342 cm³/mol. The average Bonchev–Trinajstić information content (AvgIpc) is 0.745. The second-order valence-corrected chi connectivity index (χ2v) is 28.5. The number of amides is 1. The summed E-state index contributed by atoms with van der Waals surface area (Å²) in [4.78, 5) is 45.2. The number of benzene rings is 3. The fraction of sp³-hybridized carbons (Fsp3) is 0.612. The van der Waals surface area contributed by atoms with E-state index in [9.17, 15) is 79.3 Å². The number of aliphatic hydroxyl groups excluding tert-OH is 9. The number of aromatic nitrogens is 1. The van der Waals surface area contributed by atoms with Crippen molar-refractivity contribution in [3.8, 4) is 17.2 Å². The van der Waals surface area contributed by atoms with Crippen LogP contribution < -0.4 is 10.1 Å². The molecule has 25 atom stereocenters. The molecule has 31 nitrogen and oxygen atoms in total. The molecule has 1 aromatic heterocycles. The quantitative estimate of drug-likeness (QED) is 0.0709. The molecule has 7 aliphatic rings. The summed E-state index contributed by atoms with van der Waals surface area (Å²) in [6.45, 7) is 12.1. The van der Waals surface area contributed by atoms with E-state index in [2.05, 4.69) is 10.3 Å². The van der Waals surface area contributed by atoms with Crippen LogP contribution in [0.3, 0.4) is 0 Å². The van der Waals surface area contributed by atoms with Crippen molar-refractivity contribution < 1.29 is 136 Å². The third-order valence-electron chi connectivity index (χ3n) is 19.3. The number of sulfonamides is 1. The Morgan fingerprint density at radius 2 is 1.25 bits per heavy atom. The minimum atomic E-state index is -3.91. The van der Waals surface area contributed by atoms with Crippen LogP contribution in [0, 0.1) is 12.8 Å². The van der Waals surface area contributed by atoms with Gasteiger partial charge in [0.1, 0.15) is 71.9 Å². The predicted octanol–water partition coefficient (Wildman–Crippen LogP) is 1.33. The van der Waals surface area contributed by atoms with Gasteiger partial charge in [-0.25, -0.2) is 13.4 Å². The van der Waals surface area contributed by atoms with Crippen LogP contribution >= 0.6 is 0 Å². The van der Waals surface area contributed by atoms with E-state index in [1.165, 1.54) is 72.3 Å². The zero-order valence-electron chi connectivity index (χ0n) is 56.1. The number of anilines is 1. The lowest BCUT2D eigenvalue weighted by atomic mass is 9.75. The molecule has 0 radical (unpaired) electrons. The Bertz CT molecular complexity index is 3700. The van der Waals surface area contributed by atoms with Gasteiger partial charge in [-0.3, -0.25) is 18.7 Å². The number of likely N-dealkylation sites (N-methyl/N-ethyl adjacent to an activating group) is 1. The maximum Gasteiger partial charge on any atom is 0.277 e. The molecule has 5 fully saturated rings. The zero-order chi connectivity index (χ0) is 72.2. The lowest BCUT2D eigenvalue weighted by Crippen LogP contribution is -2.58. The second kappa shape index (κ2) is 30.4. The summed E-state index contributed by atoms with van der Waals surface area (Å²) < 4.78 is 92.3. The second-order valence-electron chi connectivity index (χ2n) is 26.5. The summed E-state index contributed by atoms with van der Waals surface area (Å²) in [6.07, 6.45) is -25.5. The molecule has 32 heteroatoms. The van der Waals surface area contributed by atoms with E-state index >= 15 is 4.79 Å². The van der Waals surface area contributed by atoms with E-state index in [4.69, 9.17) is 52.1 Å². The van der Waals surface area contributed by atoms with Crippen LogP contribution in [0.2, 0.25) is 0 Å². The summed E-state index contributed by atoms with van der Waals surface area (Å²) in [5.74, 6) is -4.98. The Kier molecular flexibility index (Phi) is 23.2. The lowest BCUT2D eigenvalue weighted by molar-refractivity contribution is -0.334. The first kappa shape index (κ1) is 75.5. The number of phenols is 2. The van der Waals surface area contributed by atoms with Crippen molar-refractivity contribution in [2.45, 2.75) is 246 Å². The molecular formula is C67H89N3O28S. The van der Waals surface area contributed by atoms with Crippen molar-refractivity contribution in [3.05, 3.63) is 88.7 Å². The molecule has 4 aromatic rings. The molecule has 6 aliphatic heterocycles. The normalized spacial score (nSPS) is 36.3. The number of methoxy groups -OCH3 is 1. The topological polar surface area (TPSA) is 458 Å². The highest BCUT2D eigenvalue weighted by molar-refractivity contribution is 7.89. The van der Waals surface area contributed by atoms with Gasteiger partial charge in [-0.05, 0) is 109 Å². The van der Waals surface area contributed by atoms with Crippen molar-refractivity contribution >= 4 is 49.8 Å². The number of carbonyl (C=O) groups is 3. The Morgan fingerprint density at radius 1 is 0.717 bits per heavy atom. The number of aromatic hydroxyl groups is 2. The maximum atomic E-state index is 15.0. The standard InChI is InChI=1S/C52H76O24.C15H13N3O4S/c1-18-29(72-34-14-30(43(58)21(4)68-34)73-33-13-28(54)42(57)20(3)67-33)12-26-10-25-11-27(49(66-9)48(63)41(56)19(2)53)50(47(62)39(25)46(61)38(26)40(18)55)76-36-16-31(44(59)23(6)70-36)74-35-15-32(45(60)22(5)69-35)75-37-17-52(8,65)51(64)24(7)71-37;1-18-13(15(20)17-12-8-4-5-9-16-12)14(19)10-6-2-3-7-11(10)23(18,21)22/h10,12,19-24,27-28,30-37,41-45,49-51,53-61,64-65H,11,13-17H2,1-9H3;2-9,19H,1H3,(H,16,17,20)/t19-,20-,21-,22-,23-,24-,27?,28-,30-,31-,32-,33+,34+,35+,36+,37+,41+,42-,43+,44-,45-,49+,50+,51-,52+;/m1./s1. The van der Waals surface area contributed by atoms with Crippen molar-refractivity contribution in [3.63, 3.8) is 0 Å². The van der Waals surface area contributed by atoms with Gasteiger partial charge in [0.15, 0.2) is 48.2 Å². The first-order valence-electron chi connectivity index (χ1n) is 32.7. The molecule has 3 aromatic carbocycles. The van der Waals surface area contributed by atoms with E-state index in [1.807, 2.05) is 0 Å². The number of pyridine rings is 1.